The topological polar surface area (TPSA) is 37.8 Å². The Balaban J connectivity index is 1.96. The Labute approximate surface area is 207 Å². The summed E-state index contributed by atoms with van der Waals surface area (Å²) in [5.41, 5.74) is 8.38. The number of H-pyrrole nitrogens is 1. The number of aromatic amines is 1. The van der Waals surface area contributed by atoms with Crippen LogP contribution < -0.4 is 5.56 Å². The van der Waals surface area contributed by atoms with Crippen molar-refractivity contribution >= 4 is 21.8 Å². The van der Waals surface area contributed by atoms with E-state index in [-0.39, 0.29) is 16.4 Å². The second-order valence-electron chi connectivity index (χ2n) is 11.7. The summed E-state index contributed by atoms with van der Waals surface area (Å²) in [5.74, 6) is 0. The predicted octanol–water partition coefficient (Wildman–Crippen LogP) is 8.04. The summed E-state index contributed by atoms with van der Waals surface area (Å²) in [5, 5.41) is 2.34. The number of aryl methyl sites for hydroxylation is 1. The highest BCUT2D eigenvalue weighted by atomic mass is 16.1. The molecule has 0 unspecified atom stereocenters. The fraction of sp³-hybridized carbons (Fsp3) is 0.281. The van der Waals surface area contributed by atoms with Crippen molar-refractivity contribution in [2.75, 3.05) is 0 Å². The Morgan fingerprint density at radius 2 is 1.31 bits per heavy atom. The number of para-hydroxylation sites is 2. The molecular weight excluding hydrogens is 428 g/mol. The maximum atomic E-state index is 13.1. The zero-order valence-corrected chi connectivity index (χ0v) is 21.8. The molecular formula is C32H34N2O. The SMILES string of the molecule is Cc1ccc(-c2cccc3c4ccccc4n(-c4cc(C(C)(C)C)cc(C(C)(C)C)c4)c23)c(=O)[nH]1. The van der Waals surface area contributed by atoms with Gasteiger partial charge in [-0.3, -0.25) is 4.79 Å². The summed E-state index contributed by atoms with van der Waals surface area (Å²) < 4.78 is 2.35. The zero-order valence-electron chi connectivity index (χ0n) is 21.8. The third kappa shape index (κ3) is 3.99. The number of pyridine rings is 1. The third-order valence-electron chi connectivity index (χ3n) is 6.95. The molecule has 0 aliphatic carbocycles. The molecule has 0 saturated heterocycles. The van der Waals surface area contributed by atoms with Crippen LogP contribution in [-0.4, -0.2) is 9.55 Å². The van der Waals surface area contributed by atoms with Crippen LogP contribution in [-0.2, 0) is 10.8 Å². The van der Waals surface area contributed by atoms with Crippen molar-refractivity contribution < 1.29 is 0 Å². The normalized spacial score (nSPS) is 12.5. The molecule has 0 radical (unpaired) electrons. The highest BCUT2D eigenvalue weighted by Crippen LogP contribution is 2.39. The second kappa shape index (κ2) is 7.98. The lowest BCUT2D eigenvalue weighted by molar-refractivity contribution is 0.568. The van der Waals surface area contributed by atoms with Gasteiger partial charge < -0.3 is 9.55 Å². The number of hydrogen-bond donors (Lipinski definition) is 1. The third-order valence-corrected chi connectivity index (χ3v) is 6.95. The van der Waals surface area contributed by atoms with Crippen molar-refractivity contribution in [1.29, 1.82) is 0 Å². The molecule has 5 rings (SSSR count). The molecule has 0 spiro atoms. The van der Waals surface area contributed by atoms with Gasteiger partial charge in [0.2, 0.25) is 0 Å². The van der Waals surface area contributed by atoms with Crippen molar-refractivity contribution in [2.24, 2.45) is 0 Å². The fourth-order valence-corrected chi connectivity index (χ4v) is 4.89. The number of hydrogen-bond acceptors (Lipinski definition) is 1. The molecule has 3 aromatic carbocycles. The van der Waals surface area contributed by atoms with E-state index in [2.05, 4.69) is 112 Å². The lowest BCUT2D eigenvalue weighted by Gasteiger charge is -2.27. The van der Waals surface area contributed by atoms with E-state index in [1.165, 1.54) is 16.5 Å². The summed E-state index contributed by atoms with van der Waals surface area (Å²) in [6.45, 7) is 15.5. The van der Waals surface area contributed by atoms with Gasteiger partial charge in [-0.05, 0) is 59.2 Å². The van der Waals surface area contributed by atoms with Crippen LogP contribution in [0.15, 0.2) is 77.6 Å². The van der Waals surface area contributed by atoms with Crippen LogP contribution in [0.2, 0.25) is 0 Å². The van der Waals surface area contributed by atoms with Gasteiger partial charge in [-0.25, -0.2) is 0 Å². The van der Waals surface area contributed by atoms with E-state index in [1.54, 1.807) is 0 Å². The van der Waals surface area contributed by atoms with Crippen molar-refractivity contribution in [2.45, 2.75) is 59.3 Å². The molecule has 0 atom stereocenters. The fourth-order valence-electron chi connectivity index (χ4n) is 4.89. The molecule has 5 aromatic rings. The van der Waals surface area contributed by atoms with Gasteiger partial charge >= 0.3 is 0 Å². The number of rotatable bonds is 2. The summed E-state index contributed by atoms with van der Waals surface area (Å²) in [4.78, 5) is 16.0. The second-order valence-corrected chi connectivity index (χ2v) is 11.7. The molecule has 178 valence electrons. The van der Waals surface area contributed by atoms with Crippen LogP contribution in [0.3, 0.4) is 0 Å². The Morgan fingerprint density at radius 3 is 1.94 bits per heavy atom. The Bertz CT molecular complexity index is 1600. The first kappa shape index (κ1) is 23.2. The number of nitrogens with one attached hydrogen (secondary N) is 1. The van der Waals surface area contributed by atoms with Crippen molar-refractivity contribution in [3.05, 3.63) is 100.0 Å². The summed E-state index contributed by atoms with van der Waals surface area (Å²) >= 11 is 0. The molecule has 35 heavy (non-hydrogen) atoms. The average molecular weight is 463 g/mol. The van der Waals surface area contributed by atoms with Crippen LogP contribution in [0.4, 0.5) is 0 Å². The predicted molar refractivity (Wildman–Crippen MR) is 149 cm³/mol. The Hall–Kier alpha value is -3.59. The van der Waals surface area contributed by atoms with Crippen LogP contribution in [0.5, 0.6) is 0 Å². The summed E-state index contributed by atoms with van der Waals surface area (Å²) in [7, 11) is 0. The van der Waals surface area contributed by atoms with Gasteiger partial charge in [0.15, 0.2) is 0 Å². The Morgan fingerprint density at radius 1 is 0.686 bits per heavy atom. The molecule has 2 heterocycles. The Kier molecular flexibility index (Phi) is 5.28. The largest absolute Gasteiger partial charge is 0.326 e. The molecule has 0 bridgehead atoms. The molecule has 3 heteroatoms. The molecule has 0 saturated carbocycles. The summed E-state index contributed by atoms with van der Waals surface area (Å²) in [6, 6.07) is 25.7. The maximum absolute atomic E-state index is 13.1. The van der Waals surface area contributed by atoms with E-state index in [4.69, 9.17) is 0 Å². The number of benzene rings is 3. The molecule has 3 nitrogen and oxygen atoms in total. The minimum Gasteiger partial charge on any atom is -0.326 e. The highest BCUT2D eigenvalue weighted by molar-refractivity contribution is 6.13. The number of aromatic nitrogens is 2. The summed E-state index contributed by atoms with van der Waals surface area (Å²) in [6.07, 6.45) is 0. The van der Waals surface area contributed by atoms with Crippen molar-refractivity contribution in [3.8, 4) is 16.8 Å². The highest BCUT2D eigenvalue weighted by Gasteiger charge is 2.23. The molecule has 0 fully saturated rings. The van der Waals surface area contributed by atoms with Gasteiger partial charge in [-0.1, -0.05) is 84.0 Å². The number of fused-ring (bicyclic) bond motifs is 3. The van der Waals surface area contributed by atoms with Crippen LogP contribution in [0, 0.1) is 6.92 Å². The van der Waals surface area contributed by atoms with E-state index in [0.29, 0.717) is 5.56 Å². The van der Waals surface area contributed by atoms with Crippen LogP contribution in [0.1, 0.15) is 58.4 Å². The lowest BCUT2D eigenvalue weighted by atomic mass is 9.80. The van der Waals surface area contributed by atoms with Crippen molar-refractivity contribution in [3.63, 3.8) is 0 Å². The van der Waals surface area contributed by atoms with Gasteiger partial charge in [-0.2, -0.15) is 0 Å². The first-order valence-electron chi connectivity index (χ1n) is 12.3. The average Bonchev–Trinajstić information content (AvgIpc) is 3.12. The first-order valence-corrected chi connectivity index (χ1v) is 12.3. The van der Waals surface area contributed by atoms with Crippen LogP contribution >= 0.6 is 0 Å². The smallest absolute Gasteiger partial charge is 0.256 e. The van der Waals surface area contributed by atoms with E-state index in [0.717, 1.165) is 33.4 Å². The lowest BCUT2D eigenvalue weighted by Crippen LogP contribution is -2.17. The first-order chi connectivity index (χ1) is 16.4. The molecule has 0 aliphatic heterocycles. The van der Waals surface area contributed by atoms with E-state index in [1.807, 2.05) is 19.1 Å². The molecule has 1 N–H and O–H groups in total. The molecule has 0 aliphatic rings. The standard InChI is InChI=1S/C32H34N2O/c1-20-15-16-27(30(35)33-20)26-13-10-12-25-24-11-8-9-14-28(24)34(29(25)26)23-18-21(31(2,3)4)17-22(19-23)32(5,6)7/h8-19H,1-7H3,(H,33,35). The minimum atomic E-state index is -0.0619. The van der Waals surface area contributed by atoms with E-state index in [9.17, 15) is 4.79 Å². The van der Waals surface area contributed by atoms with Gasteiger partial charge in [0.05, 0.1) is 11.0 Å². The van der Waals surface area contributed by atoms with Crippen LogP contribution in [0.25, 0.3) is 38.6 Å². The maximum Gasteiger partial charge on any atom is 0.256 e. The molecule has 0 amide bonds. The zero-order chi connectivity index (χ0) is 25.1. The van der Waals surface area contributed by atoms with E-state index < -0.39 is 0 Å². The van der Waals surface area contributed by atoms with Gasteiger partial charge in [0, 0.05) is 33.3 Å². The number of nitrogens with zero attached hydrogens (tertiary/aromatic N) is 1. The van der Waals surface area contributed by atoms with Gasteiger partial charge in [0.1, 0.15) is 0 Å². The van der Waals surface area contributed by atoms with E-state index >= 15 is 0 Å². The van der Waals surface area contributed by atoms with Gasteiger partial charge in [-0.15, -0.1) is 0 Å². The minimum absolute atomic E-state index is 0.00566. The monoisotopic (exact) mass is 462 g/mol. The quantitative estimate of drug-likeness (QED) is 0.283. The van der Waals surface area contributed by atoms with Crippen molar-refractivity contribution in [1.82, 2.24) is 9.55 Å². The van der Waals surface area contributed by atoms with Gasteiger partial charge in [0.25, 0.3) is 5.56 Å². The molecule has 2 aromatic heterocycles.